The molecule has 18 heavy (non-hydrogen) atoms. The van der Waals surface area contributed by atoms with Crippen LogP contribution < -0.4 is 0 Å². The molecular weight excluding hydrogens is 224 g/mol. The molecule has 2 saturated carbocycles. The van der Waals surface area contributed by atoms with Crippen LogP contribution in [-0.4, -0.2) is 14.2 Å². The fourth-order valence-corrected chi connectivity index (χ4v) is 3.53. The van der Waals surface area contributed by atoms with E-state index in [2.05, 4.69) is 0 Å². The predicted octanol–water partition coefficient (Wildman–Crippen LogP) is 4.43. The quantitative estimate of drug-likeness (QED) is 0.690. The van der Waals surface area contributed by atoms with Gasteiger partial charge in [-0.25, -0.2) is 0 Å². The van der Waals surface area contributed by atoms with Crippen LogP contribution >= 0.6 is 0 Å². The molecule has 0 N–H and O–H groups in total. The fourth-order valence-electron chi connectivity index (χ4n) is 3.53. The lowest BCUT2D eigenvalue weighted by Crippen LogP contribution is -2.21. The molecule has 0 aromatic carbocycles. The van der Waals surface area contributed by atoms with Crippen LogP contribution in [0, 0.1) is 11.8 Å². The first-order chi connectivity index (χ1) is 8.83. The van der Waals surface area contributed by atoms with Gasteiger partial charge in [0.05, 0.1) is 26.7 Å². The Morgan fingerprint density at radius 2 is 1.06 bits per heavy atom. The summed E-state index contributed by atoms with van der Waals surface area (Å²) >= 11 is 0. The van der Waals surface area contributed by atoms with Crippen LogP contribution in [0.5, 0.6) is 0 Å². The van der Waals surface area contributed by atoms with Crippen molar-refractivity contribution in [2.45, 2.75) is 51.4 Å². The second-order valence-electron chi connectivity index (χ2n) is 5.70. The third-order valence-electron chi connectivity index (χ3n) is 4.58. The summed E-state index contributed by atoms with van der Waals surface area (Å²) in [6.45, 7) is 0. The van der Waals surface area contributed by atoms with Crippen LogP contribution in [0.4, 0.5) is 0 Å². The molecule has 0 aromatic heterocycles. The molecule has 0 atom stereocenters. The summed E-state index contributed by atoms with van der Waals surface area (Å²) in [5.74, 6) is 1.89. The van der Waals surface area contributed by atoms with Gasteiger partial charge in [-0.05, 0) is 74.3 Å². The average Bonchev–Trinajstić information content (AvgIpc) is 2.41. The SMILES string of the molecule is COC=C1CCC(C2CCC(=COC)CC2)CC1. The molecule has 0 saturated heterocycles. The topological polar surface area (TPSA) is 18.5 Å². The van der Waals surface area contributed by atoms with Crippen LogP contribution in [0.25, 0.3) is 0 Å². The highest BCUT2D eigenvalue weighted by atomic mass is 16.5. The first kappa shape index (κ1) is 13.5. The van der Waals surface area contributed by atoms with Gasteiger partial charge < -0.3 is 9.47 Å². The predicted molar refractivity (Wildman–Crippen MR) is 74.1 cm³/mol. The fraction of sp³-hybridized carbons (Fsp3) is 0.750. The molecular formula is C16H26O2. The summed E-state index contributed by atoms with van der Waals surface area (Å²) in [4.78, 5) is 0. The number of methoxy groups -OCH3 is 2. The second-order valence-corrected chi connectivity index (χ2v) is 5.70. The van der Waals surface area contributed by atoms with Crippen molar-refractivity contribution in [3.63, 3.8) is 0 Å². The van der Waals surface area contributed by atoms with Crippen LogP contribution in [0.15, 0.2) is 23.7 Å². The normalized spacial score (nSPS) is 28.8. The molecule has 2 nitrogen and oxygen atoms in total. The van der Waals surface area contributed by atoms with Gasteiger partial charge in [0.1, 0.15) is 0 Å². The van der Waals surface area contributed by atoms with E-state index in [1.807, 2.05) is 12.5 Å². The molecule has 0 aromatic rings. The van der Waals surface area contributed by atoms with E-state index in [9.17, 15) is 0 Å². The summed E-state index contributed by atoms with van der Waals surface area (Å²) in [6.07, 6.45) is 14.4. The van der Waals surface area contributed by atoms with Crippen molar-refractivity contribution < 1.29 is 9.47 Å². The molecule has 102 valence electrons. The molecule has 2 fully saturated rings. The van der Waals surface area contributed by atoms with E-state index in [4.69, 9.17) is 9.47 Å². The van der Waals surface area contributed by atoms with Crippen molar-refractivity contribution >= 4 is 0 Å². The van der Waals surface area contributed by atoms with Crippen molar-refractivity contribution in [1.29, 1.82) is 0 Å². The molecule has 0 amide bonds. The van der Waals surface area contributed by atoms with Gasteiger partial charge in [-0.2, -0.15) is 0 Å². The molecule has 2 aliphatic rings. The van der Waals surface area contributed by atoms with Gasteiger partial charge >= 0.3 is 0 Å². The third kappa shape index (κ3) is 3.54. The minimum absolute atomic E-state index is 0.947. The van der Waals surface area contributed by atoms with Gasteiger partial charge in [0.2, 0.25) is 0 Å². The van der Waals surface area contributed by atoms with E-state index in [0.29, 0.717) is 0 Å². The maximum atomic E-state index is 5.12. The van der Waals surface area contributed by atoms with Crippen LogP contribution in [0.1, 0.15) is 51.4 Å². The van der Waals surface area contributed by atoms with Crippen LogP contribution in [0.2, 0.25) is 0 Å². The zero-order valence-corrected chi connectivity index (χ0v) is 11.8. The Labute approximate surface area is 111 Å². The van der Waals surface area contributed by atoms with E-state index in [-0.39, 0.29) is 0 Å². The van der Waals surface area contributed by atoms with Gasteiger partial charge in [-0.15, -0.1) is 0 Å². The summed E-state index contributed by atoms with van der Waals surface area (Å²) in [5, 5.41) is 0. The Hall–Kier alpha value is -0.920. The second kappa shape index (κ2) is 6.86. The Morgan fingerprint density at radius 3 is 1.33 bits per heavy atom. The molecule has 0 radical (unpaired) electrons. The highest BCUT2D eigenvalue weighted by Gasteiger charge is 2.27. The first-order valence-electron chi connectivity index (χ1n) is 7.25. The first-order valence-corrected chi connectivity index (χ1v) is 7.25. The van der Waals surface area contributed by atoms with Gasteiger partial charge in [-0.1, -0.05) is 0 Å². The average molecular weight is 250 g/mol. The molecule has 0 bridgehead atoms. The monoisotopic (exact) mass is 250 g/mol. The molecule has 0 unspecified atom stereocenters. The van der Waals surface area contributed by atoms with E-state index < -0.39 is 0 Å². The molecule has 0 heterocycles. The van der Waals surface area contributed by atoms with Crippen molar-refractivity contribution in [2.75, 3.05) is 14.2 Å². The highest BCUT2D eigenvalue weighted by molar-refractivity contribution is 5.05. The van der Waals surface area contributed by atoms with E-state index in [1.54, 1.807) is 14.2 Å². The molecule has 2 heteroatoms. The Kier molecular flexibility index (Phi) is 5.15. The van der Waals surface area contributed by atoms with Crippen molar-refractivity contribution in [1.82, 2.24) is 0 Å². The third-order valence-corrected chi connectivity index (χ3v) is 4.58. The van der Waals surface area contributed by atoms with Gasteiger partial charge in [0.15, 0.2) is 0 Å². The van der Waals surface area contributed by atoms with Crippen molar-refractivity contribution in [2.24, 2.45) is 11.8 Å². The lowest BCUT2D eigenvalue weighted by molar-refractivity contribution is 0.222. The lowest BCUT2D eigenvalue weighted by Gasteiger charge is -2.34. The zero-order chi connectivity index (χ0) is 12.8. The largest absolute Gasteiger partial charge is 0.504 e. The number of rotatable bonds is 3. The van der Waals surface area contributed by atoms with Gasteiger partial charge in [0.25, 0.3) is 0 Å². The van der Waals surface area contributed by atoms with E-state index in [0.717, 1.165) is 11.8 Å². The summed E-state index contributed by atoms with van der Waals surface area (Å²) < 4.78 is 10.2. The lowest BCUT2D eigenvalue weighted by atomic mass is 9.72. The van der Waals surface area contributed by atoms with Gasteiger partial charge in [0, 0.05) is 0 Å². The number of hydrogen-bond acceptors (Lipinski definition) is 2. The number of hydrogen-bond donors (Lipinski definition) is 0. The Balaban J connectivity index is 1.78. The Bertz CT molecular complexity index is 265. The molecule has 0 spiro atoms. The number of ether oxygens (including phenoxy) is 2. The maximum Gasteiger partial charge on any atom is 0.0816 e. The van der Waals surface area contributed by atoms with E-state index in [1.165, 1.54) is 62.5 Å². The zero-order valence-electron chi connectivity index (χ0n) is 11.8. The molecule has 0 aliphatic heterocycles. The van der Waals surface area contributed by atoms with Crippen LogP contribution in [-0.2, 0) is 9.47 Å². The molecule has 2 aliphatic carbocycles. The summed E-state index contributed by atoms with van der Waals surface area (Å²) in [6, 6.07) is 0. The minimum atomic E-state index is 0.947. The Morgan fingerprint density at radius 1 is 0.722 bits per heavy atom. The van der Waals surface area contributed by atoms with Crippen molar-refractivity contribution in [3.8, 4) is 0 Å². The minimum Gasteiger partial charge on any atom is -0.504 e. The summed E-state index contributed by atoms with van der Waals surface area (Å²) in [5.41, 5.74) is 3.01. The number of allylic oxidation sites excluding steroid dienone is 2. The summed E-state index contributed by atoms with van der Waals surface area (Å²) in [7, 11) is 3.51. The standard InChI is InChI=1S/C16H26O2/c1-17-11-13-3-7-15(8-4-13)16-9-5-14(6-10-16)12-18-2/h11-12,15-16H,3-10H2,1-2H3. The molecule has 2 rings (SSSR count). The van der Waals surface area contributed by atoms with E-state index >= 15 is 0 Å². The van der Waals surface area contributed by atoms with Crippen molar-refractivity contribution in [3.05, 3.63) is 23.7 Å². The maximum absolute atomic E-state index is 5.12. The highest BCUT2D eigenvalue weighted by Crippen LogP contribution is 2.40. The van der Waals surface area contributed by atoms with Gasteiger partial charge in [-0.3, -0.25) is 0 Å². The van der Waals surface area contributed by atoms with Crippen LogP contribution in [0.3, 0.4) is 0 Å². The smallest absolute Gasteiger partial charge is 0.0816 e.